The summed E-state index contributed by atoms with van der Waals surface area (Å²) in [6.45, 7) is 3.92. The molecule has 2 heterocycles. The van der Waals surface area contributed by atoms with Crippen LogP contribution in [0.1, 0.15) is 24.6 Å². The van der Waals surface area contributed by atoms with E-state index in [0.717, 1.165) is 25.9 Å². The summed E-state index contributed by atoms with van der Waals surface area (Å²) in [5.74, 6) is 0.817. The molecule has 0 spiro atoms. The summed E-state index contributed by atoms with van der Waals surface area (Å²) in [6, 6.07) is 4.17. The molecule has 1 amide bonds. The number of carbonyl (C=O) groups excluding carboxylic acids is 1. The van der Waals surface area contributed by atoms with E-state index in [1.807, 2.05) is 6.07 Å². The van der Waals surface area contributed by atoms with Gasteiger partial charge in [0.25, 0.3) is 0 Å². The minimum Gasteiger partial charge on any atom is -0.354 e. The molecule has 2 atom stereocenters. The molecule has 0 bridgehead atoms. The summed E-state index contributed by atoms with van der Waals surface area (Å²) in [4.78, 5) is 13.2. The van der Waals surface area contributed by atoms with Gasteiger partial charge in [0.15, 0.2) is 0 Å². The van der Waals surface area contributed by atoms with Crippen molar-refractivity contribution in [2.45, 2.75) is 32.2 Å². The molecule has 3 nitrogen and oxygen atoms in total. The fraction of sp³-hybridized carbons (Fsp3) is 0.615. The van der Waals surface area contributed by atoms with Crippen molar-refractivity contribution in [3.8, 4) is 0 Å². The minimum atomic E-state index is 0.0158. The van der Waals surface area contributed by atoms with Crippen molar-refractivity contribution in [1.29, 1.82) is 0 Å². The predicted molar refractivity (Wildman–Crippen MR) is 71.2 cm³/mol. The third-order valence-electron chi connectivity index (χ3n) is 3.23. The van der Waals surface area contributed by atoms with Gasteiger partial charge in [-0.25, -0.2) is 0 Å². The van der Waals surface area contributed by atoms with Gasteiger partial charge in [-0.2, -0.15) is 0 Å². The van der Waals surface area contributed by atoms with E-state index in [4.69, 9.17) is 0 Å². The lowest BCUT2D eigenvalue weighted by Crippen LogP contribution is -2.48. The highest BCUT2D eigenvalue weighted by Crippen LogP contribution is 2.15. The number of amides is 1. The second-order valence-electron chi connectivity index (χ2n) is 4.76. The Morgan fingerprint density at radius 2 is 2.53 bits per heavy atom. The molecule has 0 saturated carbocycles. The lowest BCUT2D eigenvalue weighted by molar-refractivity contribution is -0.123. The minimum absolute atomic E-state index is 0.0158. The van der Waals surface area contributed by atoms with Gasteiger partial charge in [-0.15, -0.1) is 11.3 Å². The standard InChI is InChI=1S/C13H20N2OS/c1-10-4-6-14-12(9-10)13(16)15-7-5-11-3-2-8-17-11/h2-3,8,10,12,14H,4-7,9H2,1H3,(H,15,16). The maximum absolute atomic E-state index is 11.9. The van der Waals surface area contributed by atoms with E-state index in [2.05, 4.69) is 29.0 Å². The molecule has 2 N–H and O–H groups in total. The molecule has 1 aliphatic heterocycles. The average molecular weight is 252 g/mol. The molecule has 2 unspecified atom stereocenters. The van der Waals surface area contributed by atoms with Gasteiger partial charge in [0.1, 0.15) is 0 Å². The number of piperidine rings is 1. The molecule has 1 fully saturated rings. The Morgan fingerprint density at radius 3 is 3.24 bits per heavy atom. The molecular formula is C13H20N2OS. The van der Waals surface area contributed by atoms with Gasteiger partial charge in [0.2, 0.25) is 5.91 Å². The highest BCUT2D eigenvalue weighted by Gasteiger charge is 2.23. The second kappa shape index (κ2) is 6.17. The van der Waals surface area contributed by atoms with Crippen LogP contribution >= 0.6 is 11.3 Å². The van der Waals surface area contributed by atoms with Crippen LogP contribution in [0.2, 0.25) is 0 Å². The zero-order valence-corrected chi connectivity index (χ0v) is 11.1. The van der Waals surface area contributed by atoms with Gasteiger partial charge in [-0.3, -0.25) is 4.79 Å². The Balaban J connectivity index is 1.70. The zero-order chi connectivity index (χ0) is 12.1. The number of carbonyl (C=O) groups is 1. The largest absolute Gasteiger partial charge is 0.354 e. The summed E-state index contributed by atoms with van der Waals surface area (Å²) in [7, 11) is 0. The molecule has 1 aliphatic rings. The van der Waals surface area contributed by atoms with Crippen LogP contribution in [-0.4, -0.2) is 25.0 Å². The van der Waals surface area contributed by atoms with E-state index in [1.165, 1.54) is 11.3 Å². The zero-order valence-electron chi connectivity index (χ0n) is 10.2. The highest BCUT2D eigenvalue weighted by molar-refractivity contribution is 7.09. The van der Waals surface area contributed by atoms with Gasteiger partial charge < -0.3 is 10.6 Å². The molecule has 2 rings (SSSR count). The normalized spacial score (nSPS) is 24.5. The van der Waals surface area contributed by atoms with Crippen LogP contribution in [0.4, 0.5) is 0 Å². The smallest absolute Gasteiger partial charge is 0.237 e. The Bertz CT molecular complexity index is 350. The van der Waals surface area contributed by atoms with Gasteiger partial charge in [-0.1, -0.05) is 13.0 Å². The summed E-state index contributed by atoms with van der Waals surface area (Å²) in [5, 5.41) is 8.37. The second-order valence-corrected chi connectivity index (χ2v) is 5.79. The molecular weight excluding hydrogens is 232 g/mol. The summed E-state index contributed by atoms with van der Waals surface area (Å²) in [5.41, 5.74) is 0. The van der Waals surface area contributed by atoms with Crippen LogP contribution in [0.25, 0.3) is 0 Å². The van der Waals surface area contributed by atoms with Crippen molar-refractivity contribution in [2.24, 2.45) is 5.92 Å². The Labute approximate surface area is 107 Å². The van der Waals surface area contributed by atoms with Crippen molar-refractivity contribution in [1.82, 2.24) is 10.6 Å². The predicted octanol–water partition coefficient (Wildman–Crippen LogP) is 1.79. The van der Waals surface area contributed by atoms with Crippen LogP contribution in [0.3, 0.4) is 0 Å². The van der Waals surface area contributed by atoms with Crippen molar-refractivity contribution < 1.29 is 4.79 Å². The first-order chi connectivity index (χ1) is 8.25. The van der Waals surface area contributed by atoms with Crippen molar-refractivity contribution in [3.63, 3.8) is 0 Å². The fourth-order valence-electron chi connectivity index (χ4n) is 2.19. The number of nitrogens with one attached hydrogen (secondary N) is 2. The Kier molecular flexibility index (Phi) is 4.57. The lowest BCUT2D eigenvalue weighted by atomic mass is 9.94. The first kappa shape index (κ1) is 12.6. The molecule has 1 saturated heterocycles. The summed E-state index contributed by atoms with van der Waals surface area (Å²) in [6.07, 6.45) is 3.08. The van der Waals surface area contributed by atoms with E-state index in [-0.39, 0.29) is 11.9 Å². The number of hydrogen-bond donors (Lipinski definition) is 2. The quantitative estimate of drug-likeness (QED) is 0.858. The topological polar surface area (TPSA) is 41.1 Å². The lowest BCUT2D eigenvalue weighted by Gasteiger charge is -2.27. The van der Waals surface area contributed by atoms with E-state index < -0.39 is 0 Å². The fourth-order valence-corrected chi connectivity index (χ4v) is 2.90. The van der Waals surface area contributed by atoms with Gasteiger partial charge >= 0.3 is 0 Å². The maximum Gasteiger partial charge on any atom is 0.237 e. The maximum atomic E-state index is 11.9. The SMILES string of the molecule is CC1CCNC(C(=O)NCCc2cccs2)C1. The third-order valence-corrected chi connectivity index (χ3v) is 4.17. The van der Waals surface area contributed by atoms with Crippen LogP contribution in [0.15, 0.2) is 17.5 Å². The summed E-state index contributed by atoms with van der Waals surface area (Å²) >= 11 is 1.74. The van der Waals surface area contributed by atoms with E-state index >= 15 is 0 Å². The monoisotopic (exact) mass is 252 g/mol. The Morgan fingerprint density at radius 1 is 1.65 bits per heavy atom. The van der Waals surface area contributed by atoms with Gasteiger partial charge in [0, 0.05) is 11.4 Å². The first-order valence-corrected chi connectivity index (χ1v) is 7.17. The van der Waals surface area contributed by atoms with Crippen LogP contribution in [0, 0.1) is 5.92 Å². The van der Waals surface area contributed by atoms with Crippen molar-refractivity contribution in [3.05, 3.63) is 22.4 Å². The number of hydrogen-bond acceptors (Lipinski definition) is 3. The molecule has 0 aromatic carbocycles. The van der Waals surface area contributed by atoms with Gasteiger partial charge in [0.05, 0.1) is 6.04 Å². The van der Waals surface area contributed by atoms with Gasteiger partial charge in [-0.05, 0) is 43.2 Å². The summed E-state index contributed by atoms with van der Waals surface area (Å²) < 4.78 is 0. The van der Waals surface area contributed by atoms with E-state index in [9.17, 15) is 4.79 Å². The van der Waals surface area contributed by atoms with E-state index in [1.54, 1.807) is 11.3 Å². The average Bonchev–Trinajstić information content (AvgIpc) is 2.82. The van der Waals surface area contributed by atoms with E-state index in [0.29, 0.717) is 5.92 Å². The van der Waals surface area contributed by atoms with Crippen LogP contribution in [0.5, 0.6) is 0 Å². The number of rotatable bonds is 4. The highest BCUT2D eigenvalue weighted by atomic mass is 32.1. The first-order valence-electron chi connectivity index (χ1n) is 6.29. The Hall–Kier alpha value is -0.870. The molecule has 4 heteroatoms. The molecule has 0 radical (unpaired) electrons. The van der Waals surface area contributed by atoms with Crippen LogP contribution in [-0.2, 0) is 11.2 Å². The third kappa shape index (κ3) is 3.82. The van der Waals surface area contributed by atoms with Crippen molar-refractivity contribution >= 4 is 17.2 Å². The van der Waals surface area contributed by atoms with Crippen LogP contribution < -0.4 is 10.6 Å². The molecule has 0 aliphatic carbocycles. The molecule has 17 heavy (non-hydrogen) atoms. The molecule has 94 valence electrons. The van der Waals surface area contributed by atoms with Crippen molar-refractivity contribution in [2.75, 3.05) is 13.1 Å². The molecule has 1 aromatic rings. The number of thiophene rings is 1. The molecule has 1 aromatic heterocycles.